The fourth-order valence-electron chi connectivity index (χ4n) is 3.02. The average molecular weight is 421 g/mol. The molecule has 2 atom stereocenters. The molecule has 8 nitrogen and oxygen atoms in total. The first-order valence-electron chi connectivity index (χ1n) is 10.5. The molecule has 0 fully saturated rings. The number of ether oxygens (including phenoxy) is 1. The molecular weight excluding hydrogens is 384 g/mol. The van der Waals surface area contributed by atoms with Gasteiger partial charge in [-0.25, -0.2) is 0 Å². The van der Waals surface area contributed by atoms with E-state index in [4.69, 9.17) is 10.5 Å². The molecule has 168 valence electrons. The largest absolute Gasteiger partial charge is 0.492 e. The Balaban J connectivity index is 2.30. The van der Waals surface area contributed by atoms with Gasteiger partial charge in [0.2, 0.25) is 11.8 Å². The summed E-state index contributed by atoms with van der Waals surface area (Å²) < 4.78 is 5.71. The van der Waals surface area contributed by atoms with E-state index in [1.165, 1.54) is 6.92 Å². The van der Waals surface area contributed by atoms with E-state index in [2.05, 4.69) is 16.0 Å². The van der Waals surface area contributed by atoms with Crippen LogP contribution in [-0.4, -0.2) is 56.9 Å². The van der Waals surface area contributed by atoms with Crippen molar-refractivity contribution < 1.29 is 19.1 Å². The number of primary amides is 1. The summed E-state index contributed by atoms with van der Waals surface area (Å²) in [6.45, 7) is 5.31. The highest BCUT2D eigenvalue weighted by molar-refractivity contribution is 5.82. The lowest BCUT2D eigenvalue weighted by atomic mass is 9.97. The maximum Gasteiger partial charge on any atom is 0.234 e. The maximum absolute atomic E-state index is 11.9. The van der Waals surface area contributed by atoms with Gasteiger partial charge in [0.15, 0.2) is 0 Å². The first kappa shape index (κ1) is 25.6. The molecule has 0 saturated heterocycles. The first-order valence-corrected chi connectivity index (χ1v) is 10.5. The quantitative estimate of drug-likeness (QED) is 0.293. The smallest absolute Gasteiger partial charge is 0.234 e. The number of rotatable bonds is 16. The van der Waals surface area contributed by atoms with Gasteiger partial charge in [0, 0.05) is 25.9 Å². The Hall–Kier alpha value is -2.45. The summed E-state index contributed by atoms with van der Waals surface area (Å²) in [5.74, 6) is 0.462. The van der Waals surface area contributed by atoms with Gasteiger partial charge in [0.05, 0.1) is 12.6 Å². The Labute approximate surface area is 179 Å². The van der Waals surface area contributed by atoms with Crippen molar-refractivity contribution in [2.45, 2.75) is 45.6 Å². The Morgan fingerprint density at radius 3 is 2.40 bits per heavy atom. The number of hydrogen-bond acceptors (Lipinski definition) is 6. The van der Waals surface area contributed by atoms with Gasteiger partial charge in [-0.05, 0) is 50.4 Å². The van der Waals surface area contributed by atoms with Crippen LogP contribution in [0.15, 0.2) is 24.3 Å². The van der Waals surface area contributed by atoms with Gasteiger partial charge < -0.3 is 26.4 Å². The standard InChI is InChI=1S/C22H36N4O4/c1-16(21(28)15-24-3)14-18-7-9-19(10-8-18)30-13-12-26-20(22(23)29)6-4-5-11-25-17(2)27/h7-10,16,20,24,26H,4-6,11-15H2,1-3H3,(H2,23,29)(H,25,27). The fraction of sp³-hybridized carbons (Fsp3) is 0.591. The lowest BCUT2D eigenvalue weighted by Gasteiger charge is -2.16. The molecule has 0 spiro atoms. The normalized spacial score (nSPS) is 12.8. The number of amides is 2. The Kier molecular flexibility index (Phi) is 12.4. The summed E-state index contributed by atoms with van der Waals surface area (Å²) in [7, 11) is 1.77. The first-order chi connectivity index (χ1) is 14.3. The monoisotopic (exact) mass is 420 g/mol. The number of Topliss-reactive ketones (excluding diaryl/α,β-unsaturated/α-hetero) is 1. The number of carbonyl (C=O) groups is 3. The minimum atomic E-state index is -0.412. The van der Waals surface area contributed by atoms with E-state index in [-0.39, 0.29) is 23.5 Å². The van der Waals surface area contributed by atoms with Crippen LogP contribution in [-0.2, 0) is 20.8 Å². The zero-order valence-electron chi connectivity index (χ0n) is 18.3. The van der Waals surface area contributed by atoms with E-state index in [9.17, 15) is 14.4 Å². The molecular formula is C22H36N4O4. The fourth-order valence-corrected chi connectivity index (χ4v) is 3.02. The van der Waals surface area contributed by atoms with Gasteiger partial charge in [0.25, 0.3) is 0 Å². The third kappa shape index (κ3) is 10.9. The van der Waals surface area contributed by atoms with E-state index in [0.717, 1.165) is 24.2 Å². The van der Waals surface area contributed by atoms with Gasteiger partial charge in [0.1, 0.15) is 18.1 Å². The lowest BCUT2D eigenvalue weighted by Crippen LogP contribution is -2.43. The topological polar surface area (TPSA) is 123 Å². The van der Waals surface area contributed by atoms with E-state index < -0.39 is 6.04 Å². The van der Waals surface area contributed by atoms with E-state index in [0.29, 0.717) is 39.1 Å². The molecule has 0 aromatic heterocycles. The van der Waals surface area contributed by atoms with Crippen LogP contribution in [0, 0.1) is 5.92 Å². The van der Waals surface area contributed by atoms with E-state index >= 15 is 0 Å². The zero-order valence-corrected chi connectivity index (χ0v) is 18.3. The van der Waals surface area contributed by atoms with Crippen molar-refractivity contribution in [3.63, 3.8) is 0 Å². The summed E-state index contributed by atoms with van der Waals surface area (Å²) in [5, 5.41) is 8.74. The molecule has 1 aromatic rings. The third-order valence-corrected chi connectivity index (χ3v) is 4.76. The van der Waals surface area contributed by atoms with Gasteiger partial charge in [-0.2, -0.15) is 0 Å². The molecule has 0 heterocycles. The number of unbranched alkanes of at least 4 members (excludes halogenated alkanes) is 1. The number of ketones is 1. The van der Waals surface area contributed by atoms with Gasteiger partial charge in [-0.1, -0.05) is 19.1 Å². The minimum absolute atomic E-state index is 0.0302. The van der Waals surface area contributed by atoms with Crippen LogP contribution in [0.25, 0.3) is 0 Å². The molecule has 0 bridgehead atoms. The Morgan fingerprint density at radius 2 is 1.80 bits per heavy atom. The summed E-state index contributed by atoms with van der Waals surface area (Å²) in [5.41, 5.74) is 6.54. The highest BCUT2D eigenvalue weighted by atomic mass is 16.5. The van der Waals surface area contributed by atoms with Crippen molar-refractivity contribution in [2.75, 3.05) is 33.3 Å². The Morgan fingerprint density at radius 1 is 1.10 bits per heavy atom. The summed E-state index contributed by atoms with van der Waals surface area (Å²) >= 11 is 0. The molecule has 8 heteroatoms. The highest BCUT2D eigenvalue weighted by Crippen LogP contribution is 2.15. The molecule has 5 N–H and O–H groups in total. The van der Waals surface area contributed by atoms with Crippen LogP contribution in [0.3, 0.4) is 0 Å². The maximum atomic E-state index is 11.9. The summed E-state index contributed by atoms with van der Waals surface area (Å²) in [4.78, 5) is 34.3. The lowest BCUT2D eigenvalue weighted by molar-refractivity contribution is -0.121. The molecule has 30 heavy (non-hydrogen) atoms. The second kappa shape index (κ2) is 14.5. The van der Waals surface area contributed by atoms with Crippen molar-refractivity contribution in [3.05, 3.63) is 29.8 Å². The molecule has 1 rings (SSSR count). The molecule has 2 amide bonds. The SMILES string of the molecule is CNCC(=O)C(C)Cc1ccc(OCCNC(CCCCNC(C)=O)C(N)=O)cc1. The number of likely N-dealkylation sites (N-methyl/N-ethyl adjacent to an activating group) is 1. The molecule has 0 aliphatic rings. The van der Waals surface area contributed by atoms with Crippen LogP contribution < -0.4 is 26.4 Å². The second-order valence-corrected chi connectivity index (χ2v) is 7.48. The summed E-state index contributed by atoms with van der Waals surface area (Å²) in [6.07, 6.45) is 2.91. The predicted molar refractivity (Wildman–Crippen MR) is 117 cm³/mol. The molecule has 0 radical (unpaired) electrons. The molecule has 1 aromatic carbocycles. The van der Waals surface area contributed by atoms with Gasteiger partial charge in [-0.3, -0.25) is 14.4 Å². The minimum Gasteiger partial charge on any atom is -0.492 e. The van der Waals surface area contributed by atoms with Crippen LogP contribution in [0.5, 0.6) is 5.75 Å². The number of carbonyl (C=O) groups excluding carboxylic acids is 3. The molecule has 0 aliphatic heterocycles. The molecule has 0 saturated carbocycles. The highest BCUT2D eigenvalue weighted by Gasteiger charge is 2.14. The van der Waals surface area contributed by atoms with Crippen LogP contribution >= 0.6 is 0 Å². The number of nitrogens with two attached hydrogens (primary N) is 1. The van der Waals surface area contributed by atoms with Crippen molar-refractivity contribution >= 4 is 17.6 Å². The number of hydrogen-bond donors (Lipinski definition) is 4. The summed E-state index contributed by atoms with van der Waals surface area (Å²) in [6, 6.07) is 7.29. The molecule has 0 aliphatic carbocycles. The van der Waals surface area contributed by atoms with Crippen molar-refractivity contribution in [1.82, 2.24) is 16.0 Å². The van der Waals surface area contributed by atoms with Crippen LogP contribution in [0.2, 0.25) is 0 Å². The Bertz CT molecular complexity index is 664. The number of benzene rings is 1. The predicted octanol–water partition coefficient (Wildman–Crippen LogP) is 0.782. The van der Waals surface area contributed by atoms with E-state index in [1.54, 1.807) is 7.05 Å². The van der Waals surface area contributed by atoms with Gasteiger partial charge in [-0.15, -0.1) is 0 Å². The van der Waals surface area contributed by atoms with Crippen LogP contribution in [0.4, 0.5) is 0 Å². The third-order valence-electron chi connectivity index (χ3n) is 4.76. The number of nitrogens with one attached hydrogen (secondary N) is 3. The van der Waals surface area contributed by atoms with Crippen molar-refractivity contribution in [1.29, 1.82) is 0 Å². The van der Waals surface area contributed by atoms with Gasteiger partial charge >= 0.3 is 0 Å². The van der Waals surface area contributed by atoms with Crippen LogP contribution in [0.1, 0.15) is 38.7 Å². The molecule has 2 unspecified atom stereocenters. The van der Waals surface area contributed by atoms with Crippen molar-refractivity contribution in [2.24, 2.45) is 11.7 Å². The zero-order chi connectivity index (χ0) is 22.4. The van der Waals surface area contributed by atoms with Crippen molar-refractivity contribution in [3.8, 4) is 5.75 Å². The average Bonchev–Trinajstić information content (AvgIpc) is 2.70. The van der Waals surface area contributed by atoms with E-state index in [1.807, 2.05) is 31.2 Å². The second-order valence-electron chi connectivity index (χ2n) is 7.48.